The van der Waals surface area contributed by atoms with Gasteiger partial charge >= 0.3 is 5.97 Å². The van der Waals surface area contributed by atoms with Crippen LogP contribution in [0.5, 0.6) is 0 Å². The number of rotatable bonds is 8. The van der Waals surface area contributed by atoms with Crippen molar-refractivity contribution in [3.05, 3.63) is 5.82 Å². The summed E-state index contributed by atoms with van der Waals surface area (Å²) in [4.78, 5) is 33.3. The van der Waals surface area contributed by atoms with E-state index in [9.17, 15) is 14.4 Å². The molecule has 0 unspecified atom stereocenters. The summed E-state index contributed by atoms with van der Waals surface area (Å²) in [7, 11) is 0. The maximum absolute atomic E-state index is 11.5. The number of aryl methyl sites for hydroxylation is 1. The van der Waals surface area contributed by atoms with Gasteiger partial charge in [0.15, 0.2) is 5.82 Å². The van der Waals surface area contributed by atoms with Crippen LogP contribution >= 0.6 is 0 Å². The standard InChI is InChI=1S/C11H18N6O4/c1-7(2)13-9(18)3-4-17-8(14-15-16-17)5-10(19)12-6-11(20)21/h7H,3-6H2,1-2H3,(H,12,19)(H,13,18)(H,20,21). The Morgan fingerprint density at radius 3 is 2.62 bits per heavy atom. The molecule has 3 N–H and O–H groups in total. The van der Waals surface area contributed by atoms with Gasteiger partial charge in [0.25, 0.3) is 0 Å². The molecule has 1 heterocycles. The molecule has 0 saturated carbocycles. The fraction of sp³-hybridized carbons (Fsp3) is 0.636. The van der Waals surface area contributed by atoms with Gasteiger partial charge in [-0.05, 0) is 24.3 Å². The van der Waals surface area contributed by atoms with Gasteiger partial charge in [0.05, 0.1) is 13.0 Å². The van der Waals surface area contributed by atoms with Crippen molar-refractivity contribution in [2.45, 2.75) is 39.3 Å². The number of hydrogen-bond acceptors (Lipinski definition) is 6. The van der Waals surface area contributed by atoms with Gasteiger partial charge in [-0.3, -0.25) is 14.4 Å². The summed E-state index contributed by atoms with van der Waals surface area (Å²) in [6.07, 6.45) is 0.0407. The van der Waals surface area contributed by atoms with E-state index in [4.69, 9.17) is 5.11 Å². The minimum Gasteiger partial charge on any atom is -0.480 e. The second kappa shape index (κ2) is 7.92. The van der Waals surface area contributed by atoms with Gasteiger partial charge in [0, 0.05) is 12.5 Å². The second-order valence-electron chi connectivity index (χ2n) is 4.64. The van der Waals surface area contributed by atoms with Crippen molar-refractivity contribution in [2.24, 2.45) is 0 Å². The van der Waals surface area contributed by atoms with Crippen LogP contribution in [0.1, 0.15) is 26.1 Å². The number of carbonyl (C=O) groups is 3. The van der Waals surface area contributed by atoms with Crippen molar-refractivity contribution in [3.8, 4) is 0 Å². The number of nitrogens with zero attached hydrogens (tertiary/aromatic N) is 4. The number of aliphatic carboxylic acids is 1. The molecule has 0 saturated heterocycles. The lowest BCUT2D eigenvalue weighted by Crippen LogP contribution is -2.32. The second-order valence-corrected chi connectivity index (χ2v) is 4.64. The molecule has 0 aromatic carbocycles. The molecule has 0 fully saturated rings. The molecular formula is C11H18N6O4. The van der Waals surface area contributed by atoms with Crippen LogP contribution in [0.3, 0.4) is 0 Å². The van der Waals surface area contributed by atoms with Crippen LogP contribution in [0.25, 0.3) is 0 Å². The molecule has 0 bridgehead atoms. The lowest BCUT2D eigenvalue weighted by atomic mass is 10.3. The largest absolute Gasteiger partial charge is 0.480 e. The Balaban J connectivity index is 2.47. The SMILES string of the molecule is CC(C)NC(=O)CCn1nnnc1CC(=O)NCC(=O)O. The van der Waals surface area contributed by atoms with E-state index in [0.29, 0.717) is 0 Å². The van der Waals surface area contributed by atoms with E-state index in [-0.39, 0.29) is 37.2 Å². The third-order valence-corrected chi connectivity index (χ3v) is 2.36. The summed E-state index contributed by atoms with van der Waals surface area (Å²) in [5.74, 6) is -1.50. The third-order valence-electron chi connectivity index (χ3n) is 2.36. The van der Waals surface area contributed by atoms with Crippen LogP contribution in [0.4, 0.5) is 0 Å². The van der Waals surface area contributed by atoms with Crippen LogP contribution in [-0.2, 0) is 27.3 Å². The van der Waals surface area contributed by atoms with E-state index in [2.05, 4.69) is 26.2 Å². The minimum atomic E-state index is -1.13. The maximum Gasteiger partial charge on any atom is 0.322 e. The van der Waals surface area contributed by atoms with Crippen molar-refractivity contribution < 1.29 is 19.5 Å². The van der Waals surface area contributed by atoms with E-state index >= 15 is 0 Å². The summed E-state index contributed by atoms with van der Waals surface area (Å²) < 4.78 is 1.35. The Bertz CT molecular complexity index is 513. The van der Waals surface area contributed by atoms with Crippen LogP contribution in [0, 0.1) is 0 Å². The van der Waals surface area contributed by atoms with Crippen molar-refractivity contribution in [1.29, 1.82) is 0 Å². The predicted molar refractivity (Wildman–Crippen MR) is 70.1 cm³/mol. The quantitative estimate of drug-likeness (QED) is 0.521. The van der Waals surface area contributed by atoms with Crippen LogP contribution < -0.4 is 10.6 Å². The molecule has 1 rings (SSSR count). The summed E-state index contributed by atoms with van der Waals surface area (Å²) in [5.41, 5.74) is 0. The van der Waals surface area contributed by atoms with E-state index in [1.165, 1.54) is 4.68 Å². The first kappa shape index (κ1) is 16.5. The molecule has 0 aliphatic rings. The van der Waals surface area contributed by atoms with Gasteiger partial charge in [-0.1, -0.05) is 0 Å². The van der Waals surface area contributed by atoms with Crippen molar-refractivity contribution in [2.75, 3.05) is 6.54 Å². The number of amides is 2. The monoisotopic (exact) mass is 298 g/mol. The van der Waals surface area contributed by atoms with Gasteiger partial charge in [-0.2, -0.15) is 0 Å². The Morgan fingerprint density at radius 1 is 1.29 bits per heavy atom. The molecule has 116 valence electrons. The molecule has 1 aromatic heterocycles. The minimum absolute atomic E-state index is 0.0487. The lowest BCUT2D eigenvalue weighted by Gasteiger charge is -2.08. The van der Waals surface area contributed by atoms with Crippen LogP contribution in [-0.4, -0.2) is 55.7 Å². The number of nitrogens with one attached hydrogen (secondary N) is 2. The van der Waals surface area contributed by atoms with Gasteiger partial charge in [-0.25, -0.2) is 4.68 Å². The molecule has 0 spiro atoms. The van der Waals surface area contributed by atoms with Crippen LogP contribution in [0.15, 0.2) is 0 Å². The molecule has 2 amide bonds. The average Bonchev–Trinajstić information content (AvgIpc) is 2.80. The number of tetrazole rings is 1. The highest BCUT2D eigenvalue weighted by molar-refractivity contribution is 5.82. The number of hydrogen-bond donors (Lipinski definition) is 3. The Morgan fingerprint density at radius 2 is 2.00 bits per heavy atom. The number of carboxylic acids is 1. The van der Waals surface area contributed by atoms with E-state index in [0.717, 1.165) is 0 Å². The Hall–Kier alpha value is -2.52. The van der Waals surface area contributed by atoms with Gasteiger partial charge < -0.3 is 15.7 Å². The van der Waals surface area contributed by atoms with Crippen LogP contribution in [0.2, 0.25) is 0 Å². The zero-order valence-electron chi connectivity index (χ0n) is 11.9. The van der Waals surface area contributed by atoms with E-state index < -0.39 is 18.4 Å². The Kier molecular flexibility index (Phi) is 6.24. The number of carbonyl (C=O) groups excluding carboxylic acids is 2. The average molecular weight is 298 g/mol. The highest BCUT2D eigenvalue weighted by atomic mass is 16.4. The van der Waals surface area contributed by atoms with Crippen molar-refractivity contribution in [1.82, 2.24) is 30.8 Å². The molecule has 10 heteroatoms. The molecule has 0 radical (unpaired) electrons. The van der Waals surface area contributed by atoms with Gasteiger partial charge in [0.1, 0.15) is 6.54 Å². The first-order valence-corrected chi connectivity index (χ1v) is 6.41. The summed E-state index contributed by atoms with van der Waals surface area (Å²) in [6.45, 7) is 3.49. The van der Waals surface area contributed by atoms with Crippen molar-refractivity contribution in [3.63, 3.8) is 0 Å². The first-order valence-electron chi connectivity index (χ1n) is 6.41. The summed E-state index contributed by atoms with van der Waals surface area (Å²) in [5, 5.41) is 24.2. The normalized spacial score (nSPS) is 10.4. The molecule has 1 aromatic rings. The molecular weight excluding hydrogens is 280 g/mol. The fourth-order valence-corrected chi connectivity index (χ4v) is 1.51. The number of carboxylic acid groups (broad SMARTS) is 1. The third kappa shape index (κ3) is 6.45. The molecule has 0 aliphatic carbocycles. The zero-order chi connectivity index (χ0) is 15.8. The Labute approximate surface area is 120 Å². The molecule has 10 nitrogen and oxygen atoms in total. The predicted octanol–water partition coefficient (Wildman–Crippen LogP) is -1.67. The fourth-order valence-electron chi connectivity index (χ4n) is 1.51. The van der Waals surface area contributed by atoms with Gasteiger partial charge in [0.2, 0.25) is 11.8 Å². The lowest BCUT2D eigenvalue weighted by molar-refractivity contribution is -0.137. The van der Waals surface area contributed by atoms with Crippen molar-refractivity contribution >= 4 is 17.8 Å². The topological polar surface area (TPSA) is 139 Å². The molecule has 0 aliphatic heterocycles. The number of aromatic nitrogens is 4. The molecule has 0 atom stereocenters. The summed E-state index contributed by atoms with van der Waals surface area (Å²) >= 11 is 0. The van der Waals surface area contributed by atoms with Gasteiger partial charge in [-0.15, -0.1) is 5.10 Å². The highest BCUT2D eigenvalue weighted by Gasteiger charge is 2.13. The smallest absolute Gasteiger partial charge is 0.322 e. The summed E-state index contributed by atoms with van der Waals surface area (Å²) in [6, 6.07) is 0.0487. The highest BCUT2D eigenvalue weighted by Crippen LogP contribution is 1.97. The maximum atomic E-state index is 11.5. The first-order chi connectivity index (χ1) is 9.88. The zero-order valence-corrected chi connectivity index (χ0v) is 11.9. The molecule has 21 heavy (non-hydrogen) atoms. The van der Waals surface area contributed by atoms with E-state index in [1.54, 1.807) is 0 Å². The van der Waals surface area contributed by atoms with E-state index in [1.807, 2.05) is 13.8 Å².